The van der Waals surface area contributed by atoms with Gasteiger partial charge in [-0.15, -0.1) is 24.0 Å². The summed E-state index contributed by atoms with van der Waals surface area (Å²) in [6.07, 6.45) is 1.03. The molecular weight excluding hydrogens is 372 g/mol. The summed E-state index contributed by atoms with van der Waals surface area (Å²) in [5, 5.41) is 6.29. The van der Waals surface area contributed by atoms with Gasteiger partial charge in [0, 0.05) is 20.1 Å². The van der Waals surface area contributed by atoms with E-state index in [0.717, 1.165) is 24.5 Å². The molecule has 0 fully saturated rings. The van der Waals surface area contributed by atoms with Gasteiger partial charge in [-0.25, -0.2) is 4.39 Å². The second kappa shape index (κ2) is 10.7. The molecule has 0 saturated carbocycles. The van der Waals surface area contributed by atoms with Crippen LogP contribution in [0.5, 0.6) is 5.75 Å². The Morgan fingerprint density at radius 3 is 2.60 bits per heavy atom. The Hall–Kier alpha value is -1.05. The van der Waals surface area contributed by atoms with E-state index in [4.69, 9.17) is 4.74 Å². The Bertz CT molecular complexity index is 427. The van der Waals surface area contributed by atoms with Crippen LogP contribution in [0.2, 0.25) is 0 Å². The van der Waals surface area contributed by atoms with Crippen molar-refractivity contribution in [3.8, 4) is 5.75 Å². The summed E-state index contributed by atoms with van der Waals surface area (Å²) in [5.74, 6) is 0.675. The fraction of sp³-hybridized carbons (Fsp3) is 0.500. The zero-order valence-corrected chi connectivity index (χ0v) is 14.5. The number of guanidine groups is 1. The Morgan fingerprint density at radius 1 is 1.30 bits per heavy atom. The number of nitrogens with one attached hydrogen (secondary N) is 2. The number of halogens is 2. The summed E-state index contributed by atoms with van der Waals surface area (Å²) >= 11 is 0. The highest BCUT2D eigenvalue weighted by molar-refractivity contribution is 14.0. The molecule has 0 unspecified atom stereocenters. The number of hydrogen-bond donors (Lipinski definition) is 2. The number of rotatable bonds is 6. The SMILES string of the molecule is CCCNC(=NC)NCc1ccc(OCC)c(F)c1.I. The first-order chi connectivity index (χ1) is 9.21. The van der Waals surface area contributed by atoms with E-state index < -0.39 is 0 Å². The molecule has 20 heavy (non-hydrogen) atoms. The van der Waals surface area contributed by atoms with Crippen LogP contribution < -0.4 is 15.4 Å². The maximum absolute atomic E-state index is 13.6. The van der Waals surface area contributed by atoms with Crippen molar-refractivity contribution >= 4 is 29.9 Å². The normalized spacial score (nSPS) is 10.7. The van der Waals surface area contributed by atoms with Gasteiger partial charge in [0.15, 0.2) is 17.5 Å². The fourth-order valence-corrected chi connectivity index (χ4v) is 1.58. The third kappa shape index (κ3) is 6.40. The number of hydrogen-bond acceptors (Lipinski definition) is 2. The largest absolute Gasteiger partial charge is 0.491 e. The number of ether oxygens (including phenoxy) is 1. The minimum atomic E-state index is -0.336. The van der Waals surface area contributed by atoms with E-state index in [9.17, 15) is 4.39 Å². The molecule has 1 aromatic rings. The van der Waals surface area contributed by atoms with Crippen molar-refractivity contribution in [2.45, 2.75) is 26.8 Å². The summed E-state index contributed by atoms with van der Waals surface area (Å²) in [7, 11) is 1.71. The molecule has 4 nitrogen and oxygen atoms in total. The maximum Gasteiger partial charge on any atom is 0.191 e. The quantitative estimate of drug-likeness (QED) is 0.443. The highest BCUT2D eigenvalue weighted by Gasteiger charge is 2.04. The van der Waals surface area contributed by atoms with Crippen molar-refractivity contribution in [3.63, 3.8) is 0 Å². The lowest BCUT2D eigenvalue weighted by Crippen LogP contribution is -2.37. The van der Waals surface area contributed by atoms with E-state index >= 15 is 0 Å². The lowest BCUT2D eigenvalue weighted by atomic mass is 10.2. The Kier molecular flexibility index (Phi) is 10.1. The van der Waals surface area contributed by atoms with E-state index in [2.05, 4.69) is 22.5 Å². The summed E-state index contributed by atoms with van der Waals surface area (Å²) in [6, 6.07) is 4.97. The highest BCUT2D eigenvalue weighted by Crippen LogP contribution is 2.18. The molecule has 0 saturated heterocycles. The van der Waals surface area contributed by atoms with E-state index in [1.165, 1.54) is 6.07 Å². The molecule has 1 aromatic carbocycles. The Morgan fingerprint density at radius 2 is 2.05 bits per heavy atom. The van der Waals surface area contributed by atoms with Crippen LogP contribution in [0.15, 0.2) is 23.2 Å². The summed E-state index contributed by atoms with van der Waals surface area (Å²) < 4.78 is 18.8. The average molecular weight is 395 g/mol. The van der Waals surface area contributed by atoms with Crippen LogP contribution in [0, 0.1) is 5.82 Å². The van der Waals surface area contributed by atoms with Gasteiger partial charge < -0.3 is 15.4 Å². The molecule has 1 rings (SSSR count). The summed E-state index contributed by atoms with van der Waals surface area (Å²) in [4.78, 5) is 4.09. The molecule has 6 heteroatoms. The van der Waals surface area contributed by atoms with Gasteiger partial charge in [-0.05, 0) is 31.0 Å². The number of aliphatic imine (C=N–C) groups is 1. The smallest absolute Gasteiger partial charge is 0.191 e. The zero-order chi connectivity index (χ0) is 14.1. The highest BCUT2D eigenvalue weighted by atomic mass is 127. The monoisotopic (exact) mass is 395 g/mol. The van der Waals surface area contributed by atoms with Crippen LogP contribution in [-0.4, -0.2) is 26.2 Å². The molecule has 0 bridgehead atoms. The predicted octanol–water partition coefficient (Wildman–Crippen LogP) is 2.92. The van der Waals surface area contributed by atoms with E-state index in [1.54, 1.807) is 13.1 Å². The van der Waals surface area contributed by atoms with Gasteiger partial charge in [-0.3, -0.25) is 4.99 Å². The Labute approximate surface area is 137 Å². The third-order valence-electron chi connectivity index (χ3n) is 2.52. The van der Waals surface area contributed by atoms with Crippen molar-refractivity contribution in [2.24, 2.45) is 4.99 Å². The molecule has 0 aliphatic heterocycles. The predicted molar refractivity (Wildman–Crippen MR) is 91.5 cm³/mol. The first-order valence-corrected chi connectivity index (χ1v) is 6.57. The summed E-state index contributed by atoms with van der Waals surface area (Å²) in [5.41, 5.74) is 0.848. The lowest BCUT2D eigenvalue weighted by Gasteiger charge is -2.12. The second-order valence-electron chi connectivity index (χ2n) is 4.05. The number of nitrogens with zero attached hydrogens (tertiary/aromatic N) is 1. The third-order valence-corrected chi connectivity index (χ3v) is 2.52. The minimum absolute atomic E-state index is 0. The molecule has 0 radical (unpaired) electrons. The molecule has 114 valence electrons. The van der Waals surface area contributed by atoms with Crippen molar-refractivity contribution < 1.29 is 9.13 Å². The minimum Gasteiger partial charge on any atom is -0.491 e. The van der Waals surface area contributed by atoms with Crippen LogP contribution in [0.1, 0.15) is 25.8 Å². The average Bonchev–Trinajstić information content (AvgIpc) is 2.42. The van der Waals surface area contributed by atoms with Gasteiger partial charge in [-0.1, -0.05) is 13.0 Å². The van der Waals surface area contributed by atoms with Crippen LogP contribution in [0.25, 0.3) is 0 Å². The topological polar surface area (TPSA) is 45.7 Å². The van der Waals surface area contributed by atoms with Gasteiger partial charge >= 0.3 is 0 Å². The molecule has 0 atom stereocenters. The lowest BCUT2D eigenvalue weighted by molar-refractivity contribution is 0.321. The molecule has 0 aliphatic carbocycles. The molecule has 0 heterocycles. The van der Waals surface area contributed by atoms with Gasteiger partial charge in [0.25, 0.3) is 0 Å². The van der Waals surface area contributed by atoms with Crippen LogP contribution >= 0.6 is 24.0 Å². The van der Waals surface area contributed by atoms with E-state index in [0.29, 0.717) is 18.9 Å². The first kappa shape index (κ1) is 18.9. The summed E-state index contributed by atoms with van der Waals surface area (Å²) in [6.45, 7) is 5.76. The van der Waals surface area contributed by atoms with Gasteiger partial charge in [0.1, 0.15) is 0 Å². The van der Waals surface area contributed by atoms with Crippen molar-refractivity contribution in [1.29, 1.82) is 0 Å². The van der Waals surface area contributed by atoms with Gasteiger partial charge in [-0.2, -0.15) is 0 Å². The van der Waals surface area contributed by atoms with Gasteiger partial charge in [0.2, 0.25) is 0 Å². The number of benzene rings is 1. The van der Waals surface area contributed by atoms with Crippen LogP contribution in [0.3, 0.4) is 0 Å². The second-order valence-corrected chi connectivity index (χ2v) is 4.05. The van der Waals surface area contributed by atoms with Gasteiger partial charge in [0.05, 0.1) is 6.61 Å². The maximum atomic E-state index is 13.6. The molecule has 0 spiro atoms. The van der Waals surface area contributed by atoms with Crippen molar-refractivity contribution in [1.82, 2.24) is 10.6 Å². The molecule has 2 N–H and O–H groups in total. The van der Waals surface area contributed by atoms with Crippen LogP contribution in [0.4, 0.5) is 4.39 Å². The molecule has 0 amide bonds. The molecule has 0 aromatic heterocycles. The standard InChI is InChI=1S/C14H22FN3O.HI/c1-4-8-17-14(16-3)18-10-11-6-7-13(19-5-2)12(15)9-11;/h6-7,9H,4-5,8,10H2,1-3H3,(H2,16,17,18);1H. The first-order valence-electron chi connectivity index (χ1n) is 6.57. The van der Waals surface area contributed by atoms with Crippen molar-refractivity contribution in [2.75, 3.05) is 20.2 Å². The molecular formula is C14H23FIN3O. The fourth-order valence-electron chi connectivity index (χ4n) is 1.58. The molecule has 0 aliphatic rings. The van der Waals surface area contributed by atoms with E-state index in [1.807, 2.05) is 13.0 Å². The zero-order valence-electron chi connectivity index (χ0n) is 12.2. The Balaban J connectivity index is 0.00000361. The van der Waals surface area contributed by atoms with Crippen LogP contribution in [-0.2, 0) is 6.54 Å². The van der Waals surface area contributed by atoms with E-state index in [-0.39, 0.29) is 29.8 Å². The van der Waals surface area contributed by atoms with Crippen molar-refractivity contribution in [3.05, 3.63) is 29.6 Å².